The van der Waals surface area contributed by atoms with Crippen LogP contribution in [0.25, 0.3) is 17.0 Å². The fourth-order valence-corrected chi connectivity index (χ4v) is 4.36. The summed E-state index contributed by atoms with van der Waals surface area (Å²) in [5.74, 6) is 1.79. The van der Waals surface area contributed by atoms with E-state index in [0.29, 0.717) is 39.5 Å². The van der Waals surface area contributed by atoms with E-state index in [4.69, 9.17) is 32.8 Å². The third-order valence-corrected chi connectivity index (χ3v) is 6.30. The minimum atomic E-state index is -1.60. The number of hydrogen-bond donors (Lipinski definition) is 4. The van der Waals surface area contributed by atoms with Crippen molar-refractivity contribution in [1.82, 2.24) is 0 Å². The van der Waals surface area contributed by atoms with Crippen LogP contribution in [0.2, 0.25) is 0 Å². The molecular formula is C25H22O12. The molecule has 6 atom stereocenters. The number of hydrogen-bond acceptors (Lipinski definition) is 12. The van der Waals surface area contributed by atoms with Gasteiger partial charge in [-0.15, -0.1) is 0 Å². The molecule has 4 heterocycles. The second kappa shape index (κ2) is 8.94. The van der Waals surface area contributed by atoms with Crippen molar-refractivity contribution in [2.75, 3.05) is 13.7 Å². The third-order valence-electron chi connectivity index (χ3n) is 6.30. The number of aliphatic hydroxyl groups is 4. The van der Waals surface area contributed by atoms with E-state index >= 15 is 0 Å². The van der Waals surface area contributed by atoms with Crippen molar-refractivity contribution in [3.63, 3.8) is 0 Å². The van der Waals surface area contributed by atoms with E-state index in [1.54, 1.807) is 30.3 Å². The van der Waals surface area contributed by atoms with Crippen LogP contribution < -0.4 is 29.3 Å². The van der Waals surface area contributed by atoms with E-state index in [-0.39, 0.29) is 11.5 Å². The van der Waals surface area contributed by atoms with Crippen LogP contribution in [0, 0.1) is 0 Å². The lowest BCUT2D eigenvalue weighted by Gasteiger charge is -2.39. The summed E-state index contributed by atoms with van der Waals surface area (Å²) in [5.41, 5.74) is 0.441. The highest BCUT2D eigenvalue weighted by Gasteiger charge is 2.45. The molecule has 1 aromatic heterocycles. The average molecular weight is 514 g/mol. The fraction of sp³-hybridized carbons (Fsp3) is 0.320. The molecule has 37 heavy (non-hydrogen) atoms. The van der Waals surface area contributed by atoms with Gasteiger partial charge in [0.2, 0.25) is 6.29 Å². The van der Waals surface area contributed by atoms with E-state index < -0.39 is 49.2 Å². The predicted molar refractivity (Wildman–Crippen MR) is 124 cm³/mol. The lowest BCUT2D eigenvalue weighted by Crippen LogP contribution is -2.60. The topological polar surface area (TPSA) is 167 Å². The Labute approximate surface area is 208 Å². The molecule has 194 valence electrons. The minimum Gasteiger partial charge on any atom is -0.493 e. The maximum atomic E-state index is 11.6. The quantitative estimate of drug-likeness (QED) is 0.357. The molecule has 6 rings (SSSR count). The normalized spacial score (nSPS) is 28.0. The molecule has 4 N–H and O–H groups in total. The predicted octanol–water partition coefficient (Wildman–Crippen LogP) is 0.511. The molecule has 0 saturated carbocycles. The lowest BCUT2D eigenvalue weighted by atomic mass is 9.99. The van der Waals surface area contributed by atoms with Crippen molar-refractivity contribution in [1.29, 1.82) is 0 Å². The summed E-state index contributed by atoms with van der Waals surface area (Å²) in [6, 6.07) is 9.26. The van der Waals surface area contributed by atoms with Crippen LogP contribution in [0.4, 0.5) is 0 Å². The summed E-state index contributed by atoms with van der Waals surface area (Å²) >= 11 is 0. The van der Waals surface area contributed by atoms with Gasteiger partial charge < -0.3 is 53.3 Å². The Kier molecular flexibility index (Phi) is 5.70. The zero-order chi connectivity index (χ0) is 25.8. The van der Waals surface area contributed by atoms with Crippen LogP contribution in [-0.4, -0.2) is 71.1 Å². The monoisotopic (exact) mass is 514 g/mol. The molecule has 12 heteroatoms. The first-order valence-electron chi connectivity index (χ1n) is 11.3. The molecule has 0 aliphatic carbocycles. The van der Waals surface area contributed by atoms with Gasteiger partial charge in [-0.1, -0.05) is 0 Å². The van der Waals surface area contributed by atoms with E-state index in [1.165, 1.54) is 19.2 Å². The Morgan fingerprint density at radius 3 is 2.51 bits per heavy atom. The first-order chi connectivity index (χ1) is 17.8. The Morgan fingerprint density at radius 2 is 1.73 bits per heavy atom. The molecule has 3 aliphatic rings. The van der Waals surface area contributed by atoms with E-state index in [2.05, 4.69) is 0 Å². The van der Waals surface area contributed by atoms with Crippen molar-refractivity contribution in [3.8, 4) is 28.7 Å². The first kappa shape index (κ1) is 23.6. The summed E-state index contributed by atoms with van der Waals surface area (Å²) in [4.78, 5) is 11.6. The molecule has 0 unspecified atom stereocenters. The molecule has 0 spiro atoms. The SMILES string of the molecule is COc1cc2c(cc1O[C@@H]1O[C@H](CO)[C@@H](O)[C@H](O)[C@H]1O)O[C@@H]1Oc3cc4ccc(=O)oc4cc3OC1=C2. The first-order valence-corrected chi connectivity index (χ1v) is 11.3. The second-order valence-corrected chi connectivity index (χ2v) is 8.66. The van der Waals surface area contributed by atoms with Gasteiger partial charge in [-0.3, -0.25) is 0 Å². The number of aliphatic hydroxyl groups excluding tert-OH is 4. The molecule has 0 bridgehead atoms. The summed E-state index contributed by atoms with van der Waals surface area (Å²) < 4.78 is 39.8. The zero-order valence-electron chi connectivity index (χ0n) is 19.3. The Bertz CT molecular complexity index is 1440. The molecule has 0 radical (unpaired) electrons. The molecular weight excluding hydrogens is 492 g/mol. The molecule has 0 amide bonds. The van der Waals surface area contributed by atoms with Gasteiger partial charge in [0, 0.05) is 29.1 Å². The van der Waals surface area contributed by atoms with Crippen molar-refractivity contribution < 1.29 is 53.3 Å². The van der Waals surface area contributed by atoms with E-state index in [0.717, 1.165) is 0 Å². The highest BCUT2D eigenvalue weighted by molar-refractivity contribution is 5.81. The maximum absolute atomic E-state index is 11.6. The van der Waals surface area contributed by atoms with Crippen LogP contribution in [0.1, 0.15) is 5.56 Å². The summed E-state index contributed by atoms with van der Waals surface area (Å²) in [6.07, 6.45) is -6.50. The van der Waals surface area contributed by atoms with Crippen molar-refractivity contribution in [3.05, 3.63) is 58.1 Å². The van der Waals surface area contributed by atoms with Gasteiger partial charge in [0.05, 0.1) is 13.7 Å². The van der Waals surface area contributed by atoms with Crippen LogP contribution in [0.5, 0.6) is 28.7 Å². The Balaban J connectivity index is 1.30. The number of benzene rings is 2. The van der Waals surface area contributed by atoms with Gasteiger partial charge in [-0.2, -0.15) is 0 Å². The van der Waals surface area contributed by atoms with Crippen molar-refractivity contribution in [2.24, 2.45) is 0 Å². The van der Waals surface area contributed by atoms with Gasteiger partial charge in [0.15, 0.2) is 28.8 Å². The Hall–Kier alpha value is -3.81. The standard InChI is InChI=1S/C25H22O12/c1-31-14-5-11-6-18-24(35-15-4-10-2-3-20(27)33-12(10)7-17(15)32-18)34-13(11)8-16(14)36-25-23(30)22(29)21(28)19(9-26)37-25/h2-8,19,21-26,28-30H,9H2,1H3/t19-,21-,22+,23-,24-,25-/m1/s1. The van der Waals surface area contributed by atoms with Gasteiger partial charge in [-0.25, -0.2) is 4.79 Å². The van der Waals surface area contributed by atoms with Crippen molar-refractivity contribution in [2.45, 2.75) is 37.0 Å². The number of rotatable bonds is 4. The second-order valence-electron chi connectivity index (χ2n) is 8.66. The smallest absolute Gasteiger partial charge is 0.336 e. The Morgan fingerprint density at radius 1 is 0.919 bits per heavy atom. The van der Waals surface area contributed by atoms with E-state index in [9.17, 15) is 25.2 Å². The highest BCUT2D eigenvalue weighted by Crippen LogP contribution is 2.45. The van der Waals surface area contributed by atoms with Crippen LogP contribution in [0.15, 0.2) is 51.4 Å². The number of methoxy groups -OCH3 is 1. The third kappa shape index (κ3) is 4.04. The molecule has 1 saturated heterocycles. The van der Waals surface area contributed by atoms with Gasteiger partial charge in [0.1, 0.15) is 35.7 Å². The summed E-state index contributed by atoms with van der Waals surface area (Å²) in [7, 11) is 1.41. The molecule has 2 aromatic carbocycles. The summed E-state index contributed by atoms with van der Waals surface area (Å²) in [5, 5.41) is 40.5. The average Bonchev–Trinajstić information content (AvgIpc) is 2.89. The minimum absolute atomic E-state index is 0.112. The lowest BCUT2D eigenvalue weighted by molar-refractivity contribution is -0.277. The summed E-state index contributed by atoms with van der Waals surface area (Å²) in [6.45, 7) is -0.593. The highest BCUT2D eigenvalue weighted by atomic mass is 16.7. The van der Waals surface area contributed by atoms with Gasteiger partial charge in [-0.05, 0) is 24.3 Å². The fourth-order valence-electron chi connectivity index (χ4n) is 4.36. The molecule has 3 aliphatic heterocycles. The van der Waals surface area contributed by atoms with Gasteiger partial charge in [0.25, 0.3) is 6.29 Å². The van der Waals surface area contributed by atoms with Crippen LogP contribution in [0.3, 0.4) is 0 Å². The van der Waals surface area contributed by atoms with Crippen LogP contribution >= 0.6 is 0 Å². The maximum Gasteiger partial charge on any atom is 0.336 e. The molecule has 1 fully saturated rings. The largest absolute Gasteiger partial charge is 0.493 e. The molecule has 3 aromatic rings. The number of fused-ring (bicyclic) bond motifs is 4. The number of ether oxygens (including phenoxy) is 6. The van der Waals surface area contributed by atoms with E-state index in [1.807, 2.05) is 0 Å². The van der Waals surface area contributed by atoms with Crippen LogP contribution in [-0.2, 0) is 4.74 Å². The van der Waals surface area contributed by atoms with Crippen molar-refractivity contribution >= 4 is 17.0 Å². The zero-order valence-corrected chi connectivity index (χ0v) is 19.3. The van der Waals surface area contributed by atoms with Gasteiger partial charge >= 0.3 is 5.63 Å². The molecule has 12 nitrogen and oxygen atoms in total.